The summed E-state index contributed by atoms with van der Waals surface area (Å²) in [6.45, 7) is 9.97. The molecule has 9 heteroatoms. The molecule has 36 heavy (non-hydrogen) atoms. The fraction of sp³-hybridized carbons (Fsp3) is 0.407. The van der Waals surface area contributed by atoms with Crippen LogP contribution >= 0.6 is 11.6 Å². The van der Waals surface area contributed by atoms with E-state index in [9.17, 15) is 18.8 Å². The van der Waals surface area contributed by atoms with E-state index in [1.165, 1.54) is 30.5 Å². The highest BCUT2D eigenvalue weighted by Crippen LogP contribution is 2.40. The van der Waals surface area contributed by atoms with Gasteiger partial charge in [0.25, 0.3) is 0 Å². The molecule has 0 aliphatic carbocycles. The minimum Gasteiger partial charge on any atom is -0.462 e. The number of aryl methyl sites for hydroxylation is 1. The quantitative estimate of drug-likeness (QED) is 0.252. The molecule has 0 radical (unpaired) electrons. The first-order chi connectivity index (χ1) is 16.8. The minimum atomic E-state index is -2.42. The van der Waals surface area contributed by atoms with Crippen LogP contribution in [0.5, 0.6) is 0 Å². The van der Waals surface area contributed by atoms with E-state index in [4.69, 9.17) is 16.3 Å². The number of pyridine rings is 1. The molecule has 0 bridgehead atoms. The van der Waals surface area contributed by atoms with Gasteiger partial charge in [0.05, 0.1) is 17.1 Å². The summed E-state index contributed by atoms with van der Waals surface area (Å²) in [5.41, 5.74) is -0.0778. The van der Waals surface area contributed by atoms with Crippen LogP contribution in [0, 0.1) is 11.6 Å². The highest BCUT2D eigenvalue weighted by atomic mass is 35.5. The van der Waals surface area contributed by atoms with Crippen molar-refractivity contribution < 1.29 is 23.1 Å². The lowest BCUT2D eigenvalue weighted by atomic mass is 10.0. The third-order valence-corrected chi connectivity index (χ3v) is 10.9. The molecule has 0 aliphatic rings. The molecule has 5 nitrogen and oxygen atoms in total. The van der Waals surface area contributed by atoms with Gasteiger partial charge < -0.3 is 14.1 Å². The van der Waals surface area contributed by atoms with Crippen LogP contribution in [0.15, 0.2) is 41.3 Å². The standard InChI is InChI=1S/C27H32ClF2NO4Si/c1-6-35-26(33)20-16-31(12-8-11-27(2,3)36(4,5)34)23-15-22(29)18(14-19(23)25(20)32)13-17-9-7-10-21(28)24(17)30/h7,9-10,14-16,34H,6,8,11-13H2,1-5H3. The van der Waals surface area contributed by atoms with Crippen molar-refractivity contribution >= 4 is 36.8 Å². The van der Waals surface area contributed by atoms with Crippen LogP contribution in [0.1, 0.15) is 55.1 Å². The summed E-state index contributed by atoms with van der Waals surface area (Å²) in [7, 11) is -2.42. The fourth-order valence-electron chi connectivity index (χ4n) is 4.02. The van der Waals surface area contributed by atoms with Crippen LogP contribution in [0.2, 0.25) is 23.2 Å². The van der Waals surface area contributed by atoms with Crippen LogP contribution < -0.4 is 5.43 Å². The predicted octanol–water partition coefficient (Wildman–Crippen LogP) is 6.46. The van der Waals surface area contributed by atoms with Crippen molar-refractivity contribution in [1.82, 2.24) is 4.57 Å². The summed E-state index contributed by atoms with van der Waals surface area (Å²) in [4.78, 5) is 36.4. The van der Waals surface area contributed by atoms with E-state index < -0.39 is 31.3 Å². The molecule has 1 aromatic heterocycles. The van der Waals surface area contributed by atoms with E-state index in [0.29, 0.717) is 24.9 Å². The third-order valence-electron chi connectivity index (χ3n) is 7.01. The number of carbonyl (C=O) groups is 1. The second kappa shape index (κ2) is 10.8. The number of esters is 1. The number of ether oxygens (including phenoxy) is 1. The van der Waals surface area contributed by atoms with Gasteiger partial charge in [-0.1, -0.05) is 37.6 Å². The van der Waals surface area contributed by atoms with E-state index in [0.717, 1.165) is 0 Å². The zero-order chi connectivity index (χ0) is 26.8. The Morgan fingerprint density at radius 2 is 1.89 bits per heavy atom. The molecular weight excluding hydrogens is 504 g/mol. The van der Waals surface area contributed by atoms with Crippen molar-refractivity contribution in [3.63, 3.8) is 0 Å². The van der Waals surface area contributed by atoms with Crippen molar-refractivity contribution in [3.8, 4) is 0 Å². The molecule has 1 N–H and O–H groups in total. The normalized spacial score (nSPS) is 12.2. The lowest BCUT2D eigenvalue weighted by Gasteiger charge is -2.35. The maximum Gasteiger partial charge on any atom is 0.343 e. The van der Waals surface area contributed by atoms with Crippen LogP contribution in [0.4, 0.5) is 8.78 Å². The smallest absolute Gasteiger partial charge is 0.343 e. The van der Waals surface area contributed by atoms with Gasteiger partial charge in [-0.2, -0.15) is 0 Å². The summed E-state index contributed by atoms with van der Waals surface area (Å²) < 4.78 is 36.4. The Morgan fingerprint density at radius 3 is 2.53 bits per heavy atom. The number of nitrogens with zero attached hydrogens (tertiary/aromatic N) is 1. The van der Waals surface area contributed by atoms with Gasteiger partial charge in [0, 0.05) is 24.5 Å². The first kappa shape index (κ1) is 28.0. The van der Waals surface area contributed by atoms with E-state index >= 15 is 4.39 Å². The Balaban J connectivity index is 2.09. The molecule has 0 saturated heterocycles. The summed E-state index contributed by atoms with van der Waals surface area (Å²) in [6.07, 6.45) is 2.65. The number of benzene rings is 2. The summed E-state index contributed by atoms with van der Waals surface area (Å²) in [5, 5.41) is -0.182. The van der Waals surface area contributed by atoms with E-state index in [1.54, 1.807) is 17.6 Å². The Labute approximate surface area is 215 Å². The second-order valence-electron chi connectivity index (χ2n) is 10.2. The number of rotatable bonds is 9. The van der Waals surface area contributed by atoms with Crippen molar-refractivity contribution in [2.24, 2.45) is 0 Å². The molecule has 0 unspecified atom stereocenters. The Hall–Kier alpha value is -2.55. The van der Waals surface area contributed by atoms with Crippen molar-refractivity contribution in [3.05, 3.63) is 80.1 Å². The Kier molecular flexibility index (Phi) is 8.43. The number of hydrogen-bond acceptors (Lipinski definition) is 4. The molecule has 0 aliphatic heterocycles. The first-order valence-electron chi connectivity index (χ1n) is 11.9. The van der Waals surface area contributed by atoms with Gasteiger partial charge in [0.1, 0.15) is 17.2 Å². The van der Waals surface area contributed by atoms with Crippen LogP contribution in [-0.4, -0.2) is 30.3 Å². The molecule has 2 aromatic carbocycles. The molecule has 0 amide bonds. The monoisotopic (exact) mass is 535 g/mol. The molecular formula is C27H32ClF2NO4Si. The molecule has 0 spiro atoms. The summed E-state index contributed by atoms with van der Waals surface area (Å²) in [6, 6.07) is 7.11. The van der Waals surface area contributed by atoms with Gasteiger partial charge in [-0.15, -0.1) is 0 Å². The van der Waals surface area contributed by atoms with E-state index in [2.05, 4.69) is 0 Å². The predicted molar refractivity (Wildman–Crippen MR) is 141 cm³/mol. The molecule has 1 heterocycles. The Morgan fingerprint density at radius 1 is 1.19 bits per heavy atom. The third kappa shape index (κ3) is 5.87. The summed E-state index contributed by atoms with van der Waals surface area (Å²) >= 11 is 5.87. The van der Waals surface area contributed by atoms with Gasteiger partial charge in [-0.3, -0.25) is 4.79 Å². The van der Waals surface area contributed by atoms with Crippen LogP contribution in [0.25, 0.3) is 10.9 Å². The topological polar surface area (TPSA) is 68.5 Å². The highest BCUT2D eigenvalue weighted by Gasteiger charge is 2.37. The zero-order valence-corrected chi connectivity index (χ0v) is 23.0. The lowest BCUT2D eigenvalue weighted by Crippen LogP contribution is -2.39. The van der Waals surface area contributed by atoms with Gasteiger partial charge in [0.15, 0.2) is 8.32 Å². The molecule has 194 valence electrons. The Bertz CT molecular complexity index is 1350. The second-order valence-corrected chi connectivity index (χ2v) is 15.1. The average Bonchev–Trinajstić information content (AvgIpc) is 2.78. The largest absolute Gasteiger partial charge is 0.462 e. The SMILES string of the molecule is CCOC(=O)c1cn(CCCC(C)(C)[Si](C)(C)O)c2cc(F)c(Cc3cccc(Cl)c3F)cc2c1=O. The molecule has 0 fully saturated rings. The number of carbonyl (C=O) groups excluding carboxylic acids is 1. The summed E-state index contributed by atoms with van der Waals surface area (Å²) in [5.74, 6) is -1.99. The first-order valence-corrected chi connectivity index (χ1v) is 15.3. The highest BCUT2D eigenvalue weighted by molar-refractivity contribution is 6.72. The maximum atomic E-state index is 15.2. The van der Waals surface area contributed by atoms with Crippen molar-refractivity contribution in [2.45, 2.75) is 64.7 Å². The van der Waals surface area contributed by atoms with Gasteiger partial charge in [-0.05, 0) is 67.2 Å². The van der Waals surface area contributed by atoms with Crippen molar-refractivity contribution in [2.75, 3.05) is 6.61 Å². The zero-order valence-electron chi connectivity index (χ0n) is 21.3. The minimum absolute atomic E-state index is 0.0716. The number of halogens is 3. The molecule has 0 atom stereocenters. The van der Waals surface area contributed by atoms with Gasteiger partial charge in [0.2, 0.25) is 5.43 Å². The van der Waals surface area contributed by atoms with E-state index in [-0.39, 0.29) is 45.2 Å². The van der Waals surface area contributed by atoms with Gasteiger partial charge in [-0.25, -0.2) is 13.6 Å². The van der Waals surface area contributed by atoms with Crippen LogP contribution in [0.3, 0.4) is 0 Å². The number of fused-ring (bicyclic) bond motifs is 1. The molecule has 3 aromatic rings. The van der Waals surface area contributed by atoms with Crippen molar-refractivity contribution in [1.29, 1.82) is 0 Å². The van der Waals surface area contributed by atoms with Gasteiger partial charge >= 0.3 is 5.97 Å². The average molecular weight is 536 g/mol. The lowest BCUT2D eigenvalue weighted by molar-refractivity contribution is 0.0524. The fourth-order valence-corrected chi connectivity index (χ4v) is 5.00. The number of aromatic nitrogens is 1. The number of hydrogen-bond donors (Lipinski definition) is 1. The van der Waals surface area contributed by atoms with E-state index in [1.807, 2.05) is 26.9 Å². The maximum absolute atomic E-state index is 15.2. The van der Waals surface area contributed by atoms with Crippen LogP contribution in [-0.2, 0) is 17.7 Å². The molecule has 0 saturated carbocycles. The molecule has 3 rings (SSSR count).